The zero-order valence-electron chi connectivity index (χ0n) is 19.4. The third kappa shape index (κ3) is 5.11. The summed E-state index contributed by atoms with van der Waals surface area (Å²) in [5.74, 6) is 1.39. The number of nitrogens with one attached hydrogen (secondary N) is 1. The third-order valence-electron chi connectivity index (χ3n) is 5.37. The summed E-state index contributed by atoms with van der Waals surface area (Å²) in [7, 11) is 5.25. The number of benzene rings is 2. The largest absolute Gasteiger partial charge is 0.491 e. The van der Waals surface area contributed by atoms with E-state index >= 15 is 0 Å². The Morgan fingerprint density at radius 1 is 1.06 bits per heavy atom. The van der Waals surface area contributed by atoms with Gasteiger partial charge in [-0.25, -0.2) is 14.4 Å². The van der Waals surface area contributed by atoms with Crippen molar-refractivity contribution in [3.63, 3.8) is 0 Å². The highest BCUT2D eigenvalue weighted by Gasteiger charge is 2.16. The first kappa shape index (κ1) is 23.1. The Balaban J connectivity index is 1.79. The molecule has 34 heavy (non-hydrogen) atoms. The van der Waals surface area contributed by atoms with E-state index in [1.807, 2.05) is 30.3 Å². The van der Waals surface area contributed by atoms with Gasteiger partial charge >= 0.3 is 0 Å². The van der Waals surface area contributed by atoms with Crippen molar-refractivity contribution in [3.8, 4) is 28.3 Å². The normalized spacial score (nSPS) is 10.8. The molecule has 0 aliphatic heterocycles. The van der Waals surface area contributed by atoms with E-state index in [0.717, 1.165) is 16.5 Å². The molecule has 1 N–H and O–H groups in total. The zero-order valence-corrected chi connectivity index (χ0v) is 19.4. The minimum Gasteiger partial charge on any atom is -0.491 e. The number of carbonyl (C=O) groups excluding carboxylic acids is 1. The first-order valence-electron chi connectivity index (χ1n) is 11.0. The Morgan fingerprint density at radius 3 is 2.59 bits per heavy atom. The summed E-state index contributed by atoms with van der Waals surface area (Å²) in [5, 5.41) is 3.89. The number of carbonyl (C=O) groups is 1. The summed E-state index contributed by atoms with van der Waals surface area (Å²) in [6.45, 7) is 0.336. The molecular weight excluding hydrogens is 433 g/mol. The molecule has 2 aromatic carbocycles. The lowest BCUT2D eigenvalue weighted by Gasteiger charge is -2.15. The molecule has 174 valence electrons. The average Bonchev–Trinajstić information content (AvgIpc) is 2.86. The Hall–Kier alpha value is -4.07. The lowest BCUT2D eigenvalue weighted by Crippen LogP contribution is -2.21. The third-order valence-corrected chi connectivity index (χ3v) is 5.37. The number of halogens is 1. The molecule has 0 spiro atoms. The molecule has 1 amide bonds. The van der Waals surface area contributed by atoms with Gasteiger partial charge in [0.25, 0.3) is 0 Å². The van der Waals surface area contributed by atoms with Crippen LogP contribution < -0.4 is 10.1 Å². The maximum Gasteiger partial charge on any atom is 0.222 e. The maximum absolute atomic E-state index is 13.9. The SMILES string of the molecule is CNc1nc(-c2cccnc2)nc2c(OCCCC(=O)N(C)C)cc(-c3cccc(F)c3)cc12. The zero-order chi connectivity index (χ0) is 24.1. The van der Waals surface area contributed by atoms with Crippen LogP contribution in [0.2, 0.25) is 0 Å². The highest BCUT2D eigenvalue weighted by molar-refractivity contribution is 5.97. The molecule has 7 nitrogen and oxygen atoms in total. The standard InChI is InChI=1S/C26H26FN5O2/c1-28-26-21-14-19(17-7-4-9-20(27)13-17)15-22(34-12-6-10-23(33)32(2)3)24(21)30-25(31-26)18-8-5-11-29-16-18/h4-5,7-9,11,13-16H,6,10,12H2,1-3H3,(H,28,30,31). The van der Waals surface area contributed by atoms with Gasteiger partial charge in [0, 0.05) is 50.9 Å². The lowest BCUT2D eigenvalue weighted by molar-refractivity contribution is -0.128. The quantitative estimate of drug-likeness (QED) is 0.382. The highest BCUT2D eigenvalue weighted by atomic mass is 19.1. The van der Waals surface area contributed by atoms with E-state index in [2.05, 4.69) is 15.3 Å². The minimum absolute atomic E-state index is 0.0422. The lowest BCUT2D eigenvalue weighted by atomic mass is 10.0. The van der Waals surface area contributed by atoms with E-state index in [1.54, 1.807) is 44.5 Å². The van der Waals surface area contributed by atoms with Crippen molar-refractivity contribution in [2.24, 2.45) is 0 Å². The molecule has 8 heteroatoms. The monoisotopic (exact) mass is 459 g/mol. The van der Waals surface area contributed by atoms with Crippen molar-refractivity contribution < 1.29 is 13.9 Å². The molecular formula is C26H26FN5O2. The molecule has 0 atom stereocenters. The molecule has 0 aliphatic rings. The van der Waals surface area contributed by atoms with Gasteiger partial charge in [0.05, 0.1) is 6.61 Å². The topological polar surface area (TPSA) is 80.2 Å². The number of rotatable bonds is 8. The van der Waals surface area contributed by atoms with Crippen LogP contribution in [0.3, 0.4) is 0 Å². The second-order valence-corrected chi connectivity index (χ2v) is 8.01. The van der Waals surface area contributed by atoms with Gasteiger partial charge in [-0.2, -0.15) is 0 Å². The Kier molecular flexibility index (Phi) is 6.96. The van der Waals surface area contributed by atoms with Gasteiger partial charge in [0.1, 0.15) is 22.9 Å². The van der Waals surface area contributed by atoms with E-state index in [0.29, 0.717) is 47.9 Å². The molecule has 4 rings (SSSR count). The van der Waals surface area contributed by atoms with Gasteiger partial charge in [0.2, 0.25) is 5.91 Å². The highest BCUT2D eigenvalue weighted by Crippen LogP contribution is 2.36. The van der Waals surface area contributed by atoms with Crippen molar-refractivity contribution in [2.45, 2.75) is 12.8 Å². The molecule has 2 aromatic heterocycles. The predicted octanol–water partition coefficient (Wildman–Crippen LogP) is 4.79. The molecule has 0 fully saturated rings. The van der Waals surface area contributed by atoms with E-state index in [-0.39, 0.29) is 11.7 Å². The number of ether oxygens (including phenoxy) is 1. The molecule has 4 aromatic rings. The second kappa shape index (κ2) is 10.2. The molecule has 0 aliphatic carbocycles. The van der Waals surface area contributed by atoms with Gasteiger partial charge in [-0.3, -0.25) is 9.78 Å². The summed E-state index contributed by atoms with van der Waals surface area (Å²) < 4.78 is 20.1. The van der Waals surface area contributed by atoms with Crippen molar-refractivity contribution >= 4 is 22.6 Å². The summed E-state index contributed by atoms with van der Waals surface area (Å²) >= 11 is 0. The van der Waals surface area contributed by atoms with Gasteiger partial charge in [-0.15, -0.1) is 0 Å². The van der Waals surface area contributed by atoms with Gasteiger partial charge in [-0.1, -0.05) is 12.1 Å². The second-order valence-electron chi connectivity index (χ2n) is 8.01. The van der Waals surface area contributed by atoms with Crippen molar-refractivity contribution in [3.05, 3.63) is 66.7 Å². The van der Waals surface area contributed by atoms with E-state index in [1.165, 1.54) is 12.1 Å². The molecule has 0 bridgehead atoms. The summed E-state index contributed by atoms with van der Waals surface area (Å²) in [6.07, 6.45) is 4.34. The fraction of sp³-hybridized carbons (Fsp3) is 0.231. The number of aromatic nitrogens is 3. The van der Waals surface area contributed by atoms with Gasteiger partial charge in [0.15, 0.2) is 5.82 Å². The maximum atomic E-state index is 13.9. The van der Waals surface area contributed by atoms with E-state index < -0.39 is 0 Å². The van der Waals surface area contributed by atoms with Crippen LogP contribution in [0.5, 0.6) is 5.75 Å². The smallest absolute Gasteiger partial charge is 0.222 e. The van der Waals surface area contributed by atoms with Crippen LogP contribution in [-0.2, 0) is 4.79 Å². The van der Waals surface area contributed by atoms with E-state index in [4.69, 9.17) is 9.72 Å². The average molecular weight is 460 g/mol. The fourth-order valence-corrected chi connectivity index (χ4v) is 3.59. The molecule has 0 saturated heterocycles. The van der Waals surface area contributed by atoms with Crippen molar-refractivity contribution in [2.75, 3.05) is 33.1 Å². The Bertz CT molecular complexity index is 1310. The number of hydrogen-bond acceptors (Lipinski definition) is 6. The summed E-state index contributed by atoms with van der Waals surface area (Å²) in [4.78, 5) is 27.1. The Morgan fingerprint density at radius 2 is 1.88 bits per heavy atom. The summed E-state index contributed by atoms with van der Waals surface area (Å²) in [6, 6.07) is 13.9. The van der Waals surface area contributed by atoms with Crippen LogP contribution >= 0.6 is 0 Å². The van der Waals surface area contributed by atoms with E-state index in [9.17, 15) is 9.18 Å². The number of anilines is 1. The van der Waals surface area contributed by atoms with Crippen LogP contribution in [-0.4, -0.2) is 53.5 Å². The van der Waals surface area contributed by atoms with Gasteiger partial charge < -0.3 is 15.0 Å². The predicted molar refractivity (Wildman–Crippen MR) is 131 cm³/mol. The first-order valence-corrected chi connectivity index (χ1v) is 11.0. The first-order chi connectivity index (χ1) is 16.5. The fourth-order valence-electron chi connectivity index (χ4n) is 3.59. The minimum atomic E-state index is -0.320. The number of nitrogens with zero attached hydrogens (tertiary/aromatic N) is 4. The molecule has 0 saturated carbocycles. The van der Waals surface area contributed by atoms with Crippen LogP contribution in [0.15, 0.2) is 60.9 Å². The molecule has 0 unspecified atom stereocenters. The number of fused-ring (bicyclic) bond motifs is 1. The molecule has 0 radical (unpaired) electrons. The van der Waals surface area contributed by atoms with Gasteiger partial charge in [-0.05, 0) is 53.9 Å². The summed E-state index contributed by atoms with van der Waals surface area (Å²) in [5.41, 5.74) is 2.89. The van der Waals surface area contributed by atoms with Crippen LogP contribution in [0.25, 0.3) is 33.4 Å². The van der Waals surface area contributed by atoms with Crippen molar-refractivity contribution in [1.29, 1.82) is 0 Å². The number of pyridine rings is 1. The van der Waals surface area contributed by atoms with Crippen LogP contribution in [0, 0.1) is 5.82 Å². The number of hydrogen-bond donors (Lipinski definition) is 1. The Labute approximate surface area is 197 Å². The number of amides is 1. The molecule has 2 heterocycles. The van der Waals surface area contributed by atoms with Crippen LogP contribution in [0.1, 0.15) is 12.8 Å². The van der Waals surface area contributed by atoms with Crippen molar-refractivity contribution in [1.82, 2.24) is 19.9 Å². The van der Waals surface area contributed by atoms with Crippen LogP contribution in [0.4, 0.5) is 10.2 Å².